The van der Waals surface area contributed by atoms with Crippen molar-refractivity contribution in [3.8, 4) is 17.4 Å². The van der Waals surface area contributed by atoms with E-state index in [1.54, 1.807) is 12.3 Å². The summed E-state index contributed by atoms with van der Waals surface area (Å²) < 4.78 is 17.2. The van der Waals surface area contributed by atoms with Gasteiger partial charge in [-0.3, -0.25) is 4.79 Å². The van der Waals surface area contributed by atoms with Crippen molar-refractivity contribution < 1.29 is 19.0 Å². The van der Waals surface area contributed by atoms with Crippen LogP contribution in [0.25, 0.3) is 6.08 Å². The first-order valence-corrected chi connectivity index (χ1v) is 10.6. The number of amides is 1. The molecule has 2 aromatic rings. The molecule has 1 fully saturated rings. The van der Waals surface area contributed by atoms with E-state index in [0.29, 0.717) is 24.9 Å². The second kappa shape index (κ2) is 9.20. The molecule has 158 valence electrons. The number of nitrogens with zero attached hydrogens (tertiary/aromatic N) is 1. The first-order chi connectivity index (χ1) is 14.6. The van der Waals surface area contributed by atoms with Gasteiger partial charge in [-0.2, -0.15) is 0 Å². The van der Waals surface area contributed by atoms with E-state index in [1.807, 2.05) is 38.1 Å². The molecule has 1 atom stereocenters. The maximum Gasteiger partial charge on any atom is 0.244 e. The fourth-order valence-electron chi connectivity index (χ4n) is 3.37. The number of hydrogen-bond donors (Lipinski definition) is 1. The molecule has 6 heteroatoms. The van der Waals surface area contributed by atoms with E-state index >= 15 is 0 Å². The summed E-state index contributed by atoms with van der Waals surface area (Å²) in [5.41, 5.74) is 2.90. The van der Waals surface area contributed by atoms with E-state index in [1.165, 1.54) is 18.9 Å². The van der Waals surface area contributed by atoms with E-state index in [2.05, 4.69) is 10.3 Å². The Morgan fingerprint density at radius 2 is 2.17 bits per heavy atom. The van der Waals surface area contributed by atoms with Crippen molar-refractivity contribution in [3.63, 3.8) is 0 Å². The minimum absolute atomic E-state index is 0.163. The van der Waals surface area contributed by atoms with Crippen LogP contribution in [0.2, 0.25) is 0 Å². The molecule has 0 saturated heterocycles. The van der Waals surface area contributed by atoms with Gasteiger partial charge in [0.05, 0.1) is 13.2 Å². The van der Waals surface area contributed by atoms with Crippen molar-refractivity contribution in [3.05, 3.63) is 53.2 Å². The lowest BCUT2D eigenvalue weighted by Gasteiger charge is -2.10. The maximum absolute atomic E-state index is 12.3. The monoisotopic (exact) mass is 408 g/mol. The number of aromatic nitrogens is 1. The average molecular weight is 408 g/mol. The molecule has 1 aliphatic heterocycles. The number of fused-ring (bicyclic) bond motifs is 1. The molecule has 0 bridgehead atoms. The Morgan fingerprint density at radius 3 is 2.90 bits per heavy atom. The number of hydrogen-bond acceptors (Lipinski definition) is 5. The van der Waals surface area contributed by atoms with E-state index < -0.39 is 0 Å². The Labute approximate surface area is 177 Å². The van der Waals surface area contributed by atoms with Crippen LogP contribution in [0, 0.1) is 5.92 Å². The van der Waals surface area contributed by atoms with Gasteiger partial charge < -0.3 is 19.5 Å². The van der Waals surface area contributed by atoms with Crippen molar-refractivity contribution in [2.75, 3.05) is 13.2 Å². The summed E-state index contributed by atoms with van der Waals surface area (Å²) in [6, 6.07) is 7.72. The first-order valence-electron chi connectivity index (χ1n) is 10.6. The minimum Gasteiger partial charge on any atom is -0.493 e. The fraction of sp³-hybridized carbons (Fsp3) is 0.417. The number of nitrogens with one attached hydrogen (secondary N) is 1. The second-order valence-electron chi connectivity index (χ2n) is 7.87. The highest BCUT2D eigenvalue weighted by Gasteiger charge is 2.22. The molecular weight excluding hydrogens is 380 g/mol. The fourth-order valence-corrected chi connectivity index (χ4v) is 3.37. The first kappa shape index (κ1) is 20.3. The molecule has 2 aliphatic rings. The Hall–Kier alpha value is -3.02. The van der Waals surface area contributed by atoms with Crippen LogP contribution in [-0.2, 0) is 17.8 Å². The van der Waals surface area contributed by atoms with E-state index in [4.69, 9.17) is 14.2 Å². The summed E-state index contributed by atoms with van der Waals surface area (Å²) in [5.74, 6) is 2.78. The van der Waals surface area contributed by atoms with Gasteiger partial charge in [-0.25, -0.2) is 4.98 Å². The topological polar surface area (TPSA) is 69.7 Å². The van der Waals surface area contributed by atoms with E-state index in [9.17, 15) is 4.79 Å². The maximum atomic E-state index is 12.3. The van der Waals surface area contributed by atoms with Crippen molar-refractivity contribution in [1.82, 2.24) is 10.3 Å². The summed E-state index contributed by atoms with van der Waals surface area (Å²) in [6.45, 7) is 5.70. The predicted octanol–water partition coefficient (Wildman–Crippen LogP) is 3.92. The zero-order valence-electron chi connectivity index (χ0n) is 17.5. The van der Waals surface area contributed by atoms with Crippen LogP contribution in [0.15, 0.2) is 36.5 Å². The average Bonchev–Trinajstić information content (AvgIpc) is 3.50. The smallest absolute Gasteiger partial charge is 0.244 e. The van der Waals surface area contributed by atoms with Crippen molar-refractivity contribution in [1.29, 1.82) is 0 Å². The van der Waals surface area contributed by atoms with Crippen molar-refractivity contribution in [2.45, 2.75) is 45.8 Å². The SMILES string of the molecule is CCOc1cc2c(cc1/C=C/C(=O)NCc1ccc(OCC3CC3)nc1)OC(C)C2. The Balaban J connectivity index is 1.32. The van der Waals surface area contributed by atoms with Gasteiger partial charge in [0.15, 0.2) is 0 Å². The van der Waals surface area contributed by atoms with E-state index in [-0.39, 0.29) is 12.0 Å². The van der Waals surface area contributed by atoms with Crippen LogP contribution in [0.5, 0.6) is 17.4 Å². The van der Waals surface area contributed by atoms with Crippen LogP contribution in [0.4, 0.5) is 0 Å². The lowest BCUT2D eigenvalue weighted by molar-refractivity contribution is -0.116. The van der Waals surface area contributed by atoms with Crippen LogP contribution in [0.1, 0.15) is 43.4 Å². The number of rotatable bonds is 9. The molecule has 1 unspecified atom stereocenters. The van der Waals surface area contributed by atoms with Crippen LogP contribution in [0.3, 0.4) is 0 Å². The number of carbonyl (C=O) groups is 1. The van der Waals surface area contributed by atoms with Gasteiger partial charge in [0.1, 0.15) is 17.6 Å². The zero-order chi connectivity index (χ0) is 20.9. The molecular formula is C24H28N2O4. The van der Waals surface area contributed by atoms with Gasteiger partial charge in [0, 0.05) is 42.4 Å². The molecule has 1 amide bonds. The molecule has 0 spiro atoms. The van der Waals surface area contributed by atoms with Crippen LogP contribution < -0.4 is 19.5 Å². The van der Waals surface area contributed by atoms with Gasteiger partial charge in [0.25, 0.3) is 0 Å². The molecule has 1 aromatic carbocycles. The highest BCUT2D eigenvalue weighted by molar-refractivity contribution is 5.92. The summed E-state index contributed by atoms with van der Waals surface area (Å²) in [4.78, 5) is 16.6. The van der Waals surface area contributed by atoms with Gasteiger partial charge in [0.2, 0.25) is 11.8 Å². The highest BCUT2D eigenvalue weighted by Crippen LogP contribution is 2.35. The third kappa shape index (κ3) is 5.32. The second-order valence-corrected chi connectivity index (χ2v) is 7.87. The number of carbonyl (C=O) groups excluding carboxylic acids is 1. The number of benzene rings is 1. The molecule has 6 nitrogen and oxygen atoms in total. The lowest BCUT2D eigenvalue weighted by Crippen LogP contribution is -2.20. The minimum atomic E-state index is -0.179. The molecule has 1 N–H and O–H groups in total. The molecule has 2 heterocycles. The highest BCUT2D eigenvalue weighted by atomic mass is 16.5. The van der Waals surface area contributed by atoms with E-state index in [0.717, 1.165) is 41.2 Å². The lowest BCUT2D eigenvalue weighted by atomic mass is 10.1. The van der Waals surface area contributed by atoms with Gasteiger partial charge in [-0.15, -0.1) is 0 Å². The Kier molecular flexibility index (Phi) is 6.21. The Bertz CT molecular complexity index is 920. The summed E-state index contributed by atoms with van der Waals surface area (Å²) in [7, 11) is 0. The third-order valence-corrected chi connectivity index (χ3v) is 5.17. The van der Waals surface area contributed by atoms with Crippen LogP contribution in [-0.4, -0.2) is 30.2 Å². The molecule has 1 aromatic heterocycles. The van der Waals surface area contributed by atoms with Gasteiger partial charge in [-0.05, 0) is 56.4 Å². The number of pyridine rings is 1. The standard InChI is InChI=1S/C24H28N2O4/c1-3-28-21-12-20-10-16(2)30-22(20)11-19(21)7-8-23(27)25-13-18-6-9-24(26-14-18)29-15-17-4-5-17/h6-9,11-12,14,16-17H,3-5,10,13,15H2,1-2H3,(H,25,27)/b8-7+. The van der Waals surface area contributed by atoms with Crippen molar-refractivity contribution in [2.24, 2.45) is 5.92 Å². The largest absolute Gasteiger partial charge is 0.493 e. The van der Waals surface area contributed by atoms with Crippen molar-refractivity contribution >= 4 is 12.0 Å². The molecule has 4 rings (SSSR count). The quantitative estimate of drug-likeness (QED) is 0.637. The van der Waals surface area contributed by atoms with Crippen LogP contribution >= 0.6 is 0 Å². The normalized spacial score (nSPS) is 17.5. The summed E-state index contributed by atoms with van der Waals surface area (Å²) in [6.07, 6.45) is 8.55. The molecule has 1 saturated carbocycles. The molecule has 0 radical (unpaired) electrons. The predicted molar refractivity (Wildman–Crippen MR) is 115 cm³/mol. The van der Waals surface area contributed by atoms with Gasteiger partial charge in [-0.1, -0.05) is 6.07 Å². The number of ether oxygens (including phenoxy) is 3. The third-order valence-electron chi connectivity index (χ3n) is 5.17. The molecule has 1 aliphatic carbocycles. The summed E-state index contributed by atoms with van der Waals surface area (Å²) >= 11 is 0. The molecule has 30 heavy (non-hydrogen) atoms. The van der Waals surface area contributed by atoms with Gasteiger partial charge >= 0.3 is 0 Å². The zero-order valence-corrected chi connectivity index (χ0v) is 17.5. The Morgan fingerprint density at radius 1 is 1.30 bits per heavy atom. The summed E-state index contributed by atoms with van der Waals surface area (Å²) in [5, 5.41) is 2.88.